The number of halogens is 2. The molecule has 2 aliphatic rings. The number of fused-ring (bicyclic) bond motifs is 1. The quantitative estimate of drug-likeness (QED) is 0.426. The van der Waals surface area contributed by atoms with Gasteiger partial charge in [0.05, 0.1) is 32.7 Å². The number of carbonyl (C=O) groups is 4. The zero-order valence-corrected chi connectivity index (χ0v) is 22.0. The van der Waals surface area contributed by atoms with E-state index in [1.54, 1.807) is 24.1 Å². The zero-order chi connectivity index (χ0) is 28.8. The van der Waals surface area contributed by atoms with Crippen LogP contribution in [0.25, 0.3) is 0 Å². The molecule has 4 rings (SSSR count). The third-order valence-electron chi connectivity index (χ3n) is 6.82. The number of likely N-dealkylation sites (N-methyl/N-ethyl adjacent to an activating group) is 1. The Kier molecular flexibility index (Phi) is 9.27. The Labute approximate surface area is 229 Å². The van der Waals surface area contributed by atoms with Gasteiger partial charge in [0.1, 0.15) is 23.8 Å². The molecule has 2 saturated heterocycles. The summed E-state index contributed by atoms with van der Waals surface area (Å²) >= 11 is 0. The highest BCUT2D eigenvalue weighted by atomic mass is 19.1. The first-order chi connectivity index (χ1) is 19.2. The lowest BCUT2D eigenvalue weighted by molar-refractivity contribution is -0.191. The molecule has 2 aliphatic heterocycles. The lowest BCUT2D eigenvalue weighted by atomic mass is 10.0. The minimum Gasteiger partial charge on any atom is -0.481 e. The number of carboxylic acids is 1. The summed E-state index contributed by atoms with van der Waals surface area (Å²) in [4.78, 5) is 54.1. The fourth-order valence-corrected chi connectivity index (χ4v) is 4.84. The Hall–Kier alpha value is -4.10. The van der Waals surface area contributed by atoms with E-state index in [2.05, 4.69) is 5.32 Å². The molecule has 40 heavy (non-hydrogen) atoms. The molecule has 11 nitrogen and oxygen atoms in total. The normalized spacial score (nSPS) is 19.5. The van der Waals surface area contributed by atoms with Crippen LogP contribution in [0.1, 0.15) is 24.5 Å². The Bertz CT molecular complexity index is 1230. The van der Waals surface area contributed by atoms with Gasteiger partial charge in [-0.15, -0.1) is 0 Å². The molecule has 2 N–H and O–H groups in total. The number of rotatable bonds is 10. The van der Waals surface area contributed by atoms with E-state index in [0.29, 0.717) is 12.1 Å². The number of aliphatic carboxylic acids is 1. The largest absolute Gasteiger partial charge is 0.481 e. The number of amides is 4. The molecule has 0 saturated carbocycles. The Morgan fingerprint density at radius 1 is 1.02 bits per heavy atom. The predicted octanol–water partition coefficient (Wildman–Crippen LogP) is 1.78. The molecule has 2 aromatic carbocycles. The maximum atomic E-state index is 13.4. The van der Waals surface area contributed by atoms with Gasteiger partial charge in [-0.1, -0.05) is 31.2 Å². The summed E-state index contributed by atoms with van der Waals surface area (Å²) in [6, 6.07) is 9.57. The lowest BCUT2D eigenvalue weighted by Gasteiger charge is -2.54. The van der Waals surface area contributed by atoms with Crippen molar-refractivity contribution < 1.29 is 37.8 Å². The molecule has 2 fully saturated rings. The minimum absolute atomic E-state index is 0.0545. The van der Waals surface area contributed by atoms with Gasteiger partial charge < -0.3 is 25.0 Å². The number of carbonyl (C=O) groups excluding carboxylic acids is 3. The van der Waals surface area contributed by atoms with Crippen LogP contribution >= 0.6 is 0 Å². The topological polar surface area (TPSA) is 123 Å². The highest BCUT2D eigenvalue weighted by Crippen LogP contribution is 2.28. The Balaban J connectivity index is 1.50. The van der Waals surface area contributed by atoms with Gasteiger partial charge in [-0.25, -0.2) is 23.6 Å². The lowest BCUT2D eigenvalue weighted by Crippen LogP contribution is -2.76. The SMILES string of the molecule is CCN1CC(=O)N2[C@@H](CC(=O)O)C(=O)N(CCOCc3ccc(F)cc3)C[C@@H]2N1C(=O)NCc1ccc(F)cc1. The number of piperazine rings is 1. The van der Waals surface area contributed by atoms with Crippen molar-refractivity contribution in [2.45, 2.75) is 38.7 Å². The maximum absolute atomic E-state index is 13.4. The van der Waals surface area contributed by atoms with Crippen LogP contribution in [0, 0.1) is 11.6 Å². The second-order valence-corrected chi connectivity index (χ2v) is 9.47. The van der Waals surface area contributed by atoms with Crippen LogP contribution in [-0.4, -0.2) is 93.7 Å². The molecule has 0 bridgehead atoms. The van der Waals surface area contributed by atoms with Crippen molar-refractivity contribution in [2.75, 3.05) is 32.8 Å². The van der Waals surface area contributed by atoms with Gasteiger partial charge in [0, 0.05) is 19.6 Å². The zero-order valence-electron chi connectivity index (χ0n) is 22.0. The van der Waals surface area contributed by atoms with Gasteiger partial charge in [0.15, 0.2) is 0 Å². The standard InChI is InChI=1S/C27H31F2N5O6/c1-2-32-16-24(35)33-22(13-25(36)37)26(38)31(11-12-40-17-19-5-9-21(29)10-6-19)15-23(33)34(32)27(39)30-14-18-3-7-20(28)8-4-18/h3-10,22-23H,2,11-17H2,1H3,(H,30,39)(H,36,37)/t22-,23-/m0/s1. The number of urea groups is 1. The van der Waals surface area contributed by atoms with Crippen molar-refractivity contribution in [3.05, 3.63) is 71.3 Å². The van der Waals surface area contributed by atoms with Crippen LogP contribution in [-0.2, 0) is 32.3 Å². The first-order valence-electron chi connectivity index (χ1n) is 12.9. The molecular formula is C27H31F2N5O6. The van der Waals surface area contributed by atoms with E-state index in [-0.39, 0.29) is 45.2 Å². The van der Waals surface area contributed by atoms with Gasteiger partial charge in [-0.3, -0.25) is 14.4 Å². The fraction of sp³-hybridized carbons (Fsp3) is 0.407. The minimum atomic E-state index is -1.30. The van der Waals surface area contributed by atoms with E-state index in [0.717, 1.165) is 5.56 Å². The van der Waals surface area contributed by atoms with E-state index in [1.807, 2.05) is 0 Å². The summed E-state index contributed by atoms with van der Waals surface area (Å²) in [5, 5.41) is 15.2. The van der Waals surface area contributed by atoms with Crippen LogP contribution in [0.5, 0.6) is 0 Å². The molecule has 0 unspecified atom stereocenters. The van der Waals surface area contributed by atoms with Crippen LogP contribution in [0.15, 0.2) is 48.5 Å². The van der Waals surface area contributed by atoms with E-state index >= 15 is 0 Å². The van der Waals surface area contributed by atoms with Crippen molar-refractivity contribution in [3.63, 3.8) is 0 Å². The van der Waals surface area contributed by atoms with Gasteiger partial charge >= 0.3 is 12.0 Å². The van der Waals surface area contributed by atoms with Crippen LogP contribution in [0.2, 0.25) is 0 Å². The number of benzene rings is 2. The molecule has 0 spiro atoms. The molecule has 0 aliphatic carbocycles. The molecule has 214 valence electrons. The van der Waals surface area contributed by atoms with E-state index in [4.69, 9.17) is 4.74 Å². The molecule has 2 aromatic rings. The molecule has 2 atom stereocenters. The second-order valence-electron chi connectivity index (χ2n) is 9.47. The van der Waals surface area contributed by atoms with E-state index in [9.17, 15) is 33.1 Å². The summed E-state index contributed by atoms with van der Waals surface area (Å²) in [7, 11) is 0. The van der Waals surface area contributed by atoms with Crippen molar-refractivity contribution in [1.82, 2.24) is 25.1 Å². The number of hydrazine groups is 1. The van der Waals surface area contributed by atoms with Crippen molar-refractivity contribution in [3.8, 4) is 0 Å². The smallest absolute Gasteiger partial charge is 0.334 e. The third-order valence-corrected chi connectivity index (χ3v) is 6.82. The van der Waals surface area contributed by atoms with Crippen LogP contribution < -0.4 is 5.32 Å². The molecule has 0 radical (unpaired) electrons. The molecular weight excluding hydrogens is 528 g/mol. The summed E-state index contributed by atoms with van der Waals surface area (Å²) in [5.74, 6) is -3.04. The molecule has 2 heterocycles. The predicted molar refractivity (Wildman–Crippen MR) is 137 cm³/mol. The number of hydrogen-bond donors (Lipinski definition) is 2. The Morgan fingerprint density at radius 2 is 1.65 bits per heavy atom. The van der Waals surface area contributed by atoms with E-state index in [1.165, 1.54) is 51.2 Å². The maximum Gasteiger partial charge on any atom is 0.334 e. The Morgan fingerprint density at radius 3 is 2.25 bits per heavy atom. The average Bonchev–Trinajstić information content (AvgIpc) is 2.93. The van der Waals surface area contributed by atoms with Gasteiger partial charge in [0.25, 0.3) is 0 Å². The van der Waals surface area contributed by atoms with Crippen LogP contribution in [0.3, 0.4) is 0 Å². The first-order valence-corrected chi connectivity index (χ1v) is 12.9. The highest BCUT2D eigenvalue weighted by molar-refractivity contribution is 5.93. The molecule has 0 aromatic heterocycles. The van der Waals surface area contributed by atoms with Gasteiger partial charge in [0.2, 0.25) is 11.8 Å². The molecule has 4 amide bonds. The fourth-order valence-electron chi connectivity index (χ4n) is 4.84. The summed E-state index contributed by atoms with van der Waals surface area (Å²) in [5.41, 5.74) is 1.40. The van der Waals surface area contributed by atoms with Crippen molar-refractivity contribution in [1.29, 1.82) is 0 Å². The van der Waals surface area contributed by atoms with Gasteiger partial charge in [-0.2, -0.15) is 0 Å². The monoisotopic (exact) mass is 559 g/mol. The van der Waals surface area contributed by atoms with Crippen LogP contribution in [0.4, 0.5) is 13.6 Å². The average molecular weight is 560 g/mol. The highest BCUT2D eigenvalue weighted by Gasteiger charge is 2.51. The summed E-state index contributed by atoms with van der Waals surface area (Å²) in [6.45, 7) is 2.26. The third kappa shape index (κ3) is 6.72. The van der Waals surface area contributed by atoms with Crippen molar-refractivity contribution in [2.24, 2.45) is 0 Å². The number of ether oxygens (including phenoxy) is 1. The molecule has 13 heteroatoms. The summed E-state index contributed by atoms with van der Waals surface area (Å²) in [6.07, 6.45) is -1.57. The number of hydrogen-bond acceptors (Lipinski definition) is 6. The number of carboxylic acid groups (broad SMARTS) is 1. The first kappa shape index (κ1) is 28.9. The van der Waals surface area contributed by atoms with E-state index < -0.39 is 48.3 Å². The number of nitrogens with one attached hydrogen (secondary N) is 1. The van der Waals surface area contributed by atoms with Crippen molar-refractivity contribution >= 4 is 23.8 Å². The van der Waals surface area contributed by atoms with Gasteiger partial charge in [-0.05, 0) is 35.4 Å². The number of nitrogens with zero attached hydrogens (tertiary/aromatic N) is 4. The second kappa shape index (κ2) is 12.8. The summed E-state index contributed by atoms with van der Waals surface area (Å²) < 4.78 is 32.1.